The molecule has 3 heteroatoms. The number of Topliss-reactive ketones (excluding diaryl/α,β-unsaturated/α-hetero) is 1. The summed E-state index contributed by atoms with van der Waals surface area (Å²) in [6.45, 7) is 13.8. The van der Waals surface area contributed by atoms with E-state index >= 15 is 0 Å². The SMILES string of the molecule is CCC.CCC.CCC(C)=O.Cc1nc(-c2ccccc2)c(-c2ccccc2)o1. The zero-order valence-electron chi connectivity index (χ0n) is 19.2. The predicted molar refractivity (Wildman–Crippen MR) is 125 cm³/mol. The maximum atomic E-state index is 9.81. The van der Waals surface area contributed by atoms with Gasteiger partial charge in [0.2, 0.25) is 0 Å². The molecule has 0 spiro atoms. The van der Waals surface area contributed by atoms with Crippen LogP contribution in [0, 0.1) is 6.92 Å². The minimum atomic E-state index is 0.255. The molecular formula is C26H37NO2. The molecule has 1 heterocycles. The molecule has 0 aliphatic heterocycles. The maximum absolute atomic E-state index is 9.81. The van der Waals surface area contributed by atoms with Gasteiger partial charge in [0, 0.05) is 24.5 Å². The number of aromatic nitrogens is 1. The van der Waals surface area contributed by atoms with E-state index in [2.05, 4.69) is 32.7 Å². The fourth-order valence-electron chi connectivity index (χ4n) is 2.00. The van der Waals surface area contributed by atoms with Gasteiger partial charge in [-0.25, -0.2) is 4.98 Å². The summed E-state index contributed by atoms with van der Waals surface area (Å²) >= 11 is 0. The second-order valence-corrected chi connectivity index (χ2v) is 6.61. The third kappa shape index (κ3) is 11.0. The van der Waals surface area contributed by atoms with Gasteiger partial charge in [-0.2, -0.15) is 0 Å². The molecule has 0 saturated carbocycles. The number of aryl methyl sites for hydroxylation is 1. The topological polar surface area (TPSA) is 43.1 Å². The molecule has 3 rings (SSSR count). The zero-order chi connectivity index (χ0) is 22.1. The van der Waals surface area contributed by atoms with Crippen LogP contribution >= 0.6 is 0 Å². The number of carbonyl (C=O) groups is 1. The molecule has 0 saturated heterocycles. The number of hydrogen-bond acceptors (Lipinski definition) is 3. The number of rotatable bonds is 3. The van der Waals surface area contributed by atoms with E-state index in [1.165, 1.54) is 12.8 Å². The third-order valence-electron chi connectivity index (χ3n) is 3.32. The molecule has 0 atom stereocenters. The van der Waals surface area contributed by atoms with E-state index in [9.17, 15) is 4.79 Å². The highest BCUT2D eigenvalue weighted by Gasteiger charge is 2.14. The van der Waals surface area contributed by atoms with Crippen LogP contribution < -0.4 is 0 Å². The Morgan fingerprint density at radius 2 is 1.17 bits per heavy atom. The van der Waals surface area contributed by atoms with E-state index in [0.717, 1.165) is 22.6 Å². The first-order valence-corrected chi connectivity index (χ1v) is 10.5. The van der Waals surface area contributed by atoms with Crippen molar-refractivity contribution in [2.45, 2.75) is 67.7 Å². The number of nitrogens with zero attached hydrogens (tertiary/aromatic N) is 1. The lowest BCUT2D eigenvalue weighted by atomic mass is 10.1. The summed E-state index contributed by atoms with van der Waals surface area (Å²) in [5.74, 6) is 1.78. The van der Waals surface area contributed by atoms with E-state index in [1.54, 1.807) is 6.92 Å². The Labute approximate surface area is 177 Å². The van der Waals surface area contributed by atoms with Gasteiger partial charge in [0.1, 0.15) is 11.5 Å². The number of carbonyl (C=O) groups excluding carboxylic acids is 1. The van der Waals surface area contributed by atoms with Crippen molar-refractivity contribution in [3.8, 4) is 22.6 Å². The third-order valence-corrected chi connectivity index (χ3v) is 3.32. The lowest BCUT2D eigenvalue weighted by Gasteiger charge is -2.00. The van der Waals surface area contributed by atoms with Crippen molar-refractivity contribution >= 4 is 5.78 Å². The van der Waals surface area contributed by atoms with Crippen molar-refractivity contribution in [1.29, 1.82) is 0 Å². The number of oxazole rings is 1. The van der Waals surface area contributed by atoms with Crippen LogP contribution in [-0.4, -0.2) is 10.8 Å². The highest BCUT2D eigenvalue weighted by molar-refractivity contribution is 5.76. The van der Waals surface area contributed by atoms with Gasteiger partial charge in [-0.15, -0.1) is 0 Å². The molecule has 0 N–H and O–H groups in total. The first-order chi connectivity index (χ1) is 13.9. The second kappa shape index (κ2) is 16.3. The molecule has 3 nitrogen and oxygen atoms in total. The fourth-order valence-corrected chi connectivity index (χ4v) is 2.00. The molecule has 1 aromatic heterocycles. The maximum Gasteiger partial charge on any atom is 0.192 e. The van der Waals surface area contributed by atoms with Gasteiger partial charge in [0.05, 0.1) is 0 Å². The van der Waals surface area contributed by atoms with E-state index < -0.39 is 0 Å². The first-order valence-electron chi connectivity index (χ1n) is 10.5. The van der Waals surface area contributed by atoms with Crippen molar-refractivity contribution in [3.05, 3.63) is 66.6 Å². The fraction of sp³-hybridized carbons (Fsp3) is 0.385. The van der Waals surface area contributed by atoms with Gasteiger partial charge in [-0.1, -0.05) is 108 Å². The highest BCUT2D eigenvalue weighted by atomic mass is 16.4. The van der Waals surface area contributed by atoms with Crippen LogP contribution in [0.2, 0.25) is 0 Å². The molecule has 0 amide bonds. The standard InChI is InChI=1S/C16H13NO.C4H8O.2C3H8/c1-12-17-15(13-8-4-2-5-9-13)16(18-12)14-10-6-3-7-11-14;1-3-4(2)5;2*1-3-2/h2-11H,1H3;3H2,1-2H3;2*3H2,1-2H3. The molecule has 2 aromatic carbocycles. The van der Waals surface area contributed by atoms with Crippen LogP contribution in [-0.2, 0) is 4.79 Å². The van der Waals surface area contributed by atoms with Crippen LogP contribution in [0.1, 0.15) is 66.7 Å². The lowest BCUT2D eigenvalue weighted by Crippen LogP contribution is -1.81. The summed E-state index contributed by atoms with van der Waals surface area (Å²) in [5, 5.41) is 0. The van der Waals surface area contributed by atoms with Crippen LogP contribution in [0.3, 0.4) is 0 Å². The Kier molecular flexibility index (Phi) is 14.8. The summed E-state index contributed by atoms with van der Waals surface area (Å²) in [7, 11) is 0. The summed E-state index contributed by atoms with van der Waals surface area (Å²) < 4.78 is 5.74. The van der Waals surface area contributed by atoms with E-state index in [-0.39, 0.29) is 5.78 Å². The van der Waals surface area contributed by atoms with E-state index in [0.29, 0.717) is 12.3 Å². The van der Waals surface area contributed by atoms with Gasteiger partial charge in [0.25, 0.3) is 0 Å². The molecule has 0 unspecified atom stereocenters. The zero-order valence-corrected chi connectivity index (χ0v) is 19.2. The molecular weight excluding hydrogens is 358 g/mol. The predicted octanol–water partition coefficient (Wildman–Crippen LogP) is 8.14. The van der Waals surface area contributed by atoms with Gasteiger partial charge in [0.15, 0.2) is 11.7 Å². The minimum absolute atomic E-state index is 0.255. The van der Waals surface area contributed by atoms with Crippen molar-refractivity contribution in [2.75, 3.05) is 0 Å². The van der Waals surface area contributed by atoms with Gasteiger partial charge >= 0.3 is 0 Å². The molecule has 158 valence electrons. The molecule has 0 aliphatic rings. The van der Waals surface area contributed by atoms with Gasteiger partial charge in [-0.3, -0.25) is 0 Å². The minimum Gasteiger partial charge on any atom is -0.440 e. The summed E-state index contributed by atoms with van der Waals surface area (Å²) in [6, 6.07) is 20.2. The van der Waals surface area contributed by atoms with Crippen LogP contribution in [0.5, 0.6) is 0 Å². The number of ketones is 1. The summed E-state index contributed by atoms with van der Waals surface area (Å²) in [4.78, 5) is 14.3. The Bertz CT molecular complexity index is 718. The number of hydrogen-bond donors (Lipinski definition) is 0. The Morgan fingerprint density at radius 1 is 0.793 bits per heavy atom. The molecule has 3 aromatic rings. The second-order valence-electron chi connectivity index (χ2n) is 6.61. The van der Waals surface area contributed by atoms with E-state index in [4.69, 9.17) is 4.42 Å². The van der Waals surface area contributed by atoms with Crippen molar-refractivity contribution in [2.24, 2.45) is 0 Å². The molecule has 0 radical (unpaired) electrons. The Hall–Kier alpha value is -2.68. The normalized spacial score (nSPS) is 9.07. The van der Waals surface area contributed by atoms with Crippen molar-refractivity contribution < 1.29 is 9.21 Å². The quantitative estimate of drug-likeness (QED) is 0.449. The van der Waals surface area contributed by atoms with Crippen LogP contribution in [0.4, 0.5) is 0 Å². The molecule has 0 bridgehead atoms. The van der Waals surface area contributed by atoms with Crippen LogP contribution in [0.25, 0.3) is 22.6 Å². The van der Waals surface area contributed by atoms with Gasteiger partial charge in [-0.05, 0) is 6.92 Å². The highest BCUT2D eigenvalue weighted by Crippen LogP contribution is 2.32. The van der Waals surface area contributed by atoms with E-state index in [1.807, 2.05) is 74.5 Å². The Morgan fingerprint density at radius 3 is 1.55 bits per heavy atom. The summed E-state index contributed by atoms with van der Waals surface area (Å²) in [5.41, 5.74) is 3.03. The molecule has 0 aliphatic carbocycles. The summed E-state index contributed by atoms with van der Waals surface area (Å²) in [6.07, 6.45) is 3.17. The smallest absolute Gasteiger partial charge is 0.192 e. The van der Waals surface area contributed by atoms with Crippen LogP contribution in [0.15, 0.2) is 65.1 Å². The Balaban J connectivity index is 0.000000599. The number of benzene rings is 2. The van der Waals surface area contributed by atoms with Crippen molar-refractivity contribution in [3.63, 3.8) is 0 Å². The van der Waals surface area contributed by atoms with Gasteiger partial charge < -0.3 is 9.21 Å². The molecule has 29 heavy (non-hydrogen) atoms. The monoisotopic (exact) mass is 395 g/mol. The largest absolute Gasteiger partial charge is 0.440 e. The van der Waals surface area contributed by atoms with Crippen molar-refractivity contribution in [1.82, 2.24) is 4.98 Å². The average Bonchev–Trinajstić information content (AvgIpc) is 3.13. The average molecular weight is 396 g/mol. The molecule has 0 fully saturated rings. The first kappa shape index (κ1) is 26.3. The lowest BCUT2D eigenvalue weighted by molar-refractivity contribution is -0.116.